The first-order chi connectivity index (χ1) is 8.25. The fraction of sp³-hybridized carbons (Fsp3) is 0.800. The van der Waals surface area contributed by atoms with Crippen molar-refractivity contribution in [1.29, 1.82) is 0 Å². The molecule has 1 aliphatic rings. The fourth-order valence-corrected chi connectivity index (χ4v) is 2.08. The van der Waals surface area contributed by atoms with Crippen LogP contribution in [-0.2, 0) is 4.79 Å². The molecule has 2 unspecified atom stereocenters. The van der Waals surface area contributed by atoms with Crippen LogP contribution >= 0.6 is 0 Å². The van der Waals surface area contributed by atoms with Gasteiger partial charge in [-0.05, 0) is 38.8 Å². The summed E-state index contributed by atoms with van der Waals surface area (Å²) in [5, 5.41) is 19.7. The van der Waals surface area contributed by atoms with Gasteiger partial charge >= 0.3 is 0 Å². The highest BCUT2D eigenvalue weighted by atomic mass is 16.1. The van der Waals surface area contributed by atoms with Gasteiger partial charge in [-0.2, -0.15) is 5.21 Å². The molecule has 0 saturated carbocycles. The number of nitrogens with one attached hydrogen (secondary N) is 3. The molecule has 1 aromatic rings. The molecule has 0 aromatic carbocycles. The van der Waals surface area contributed by atoms with Crippen LogP contribution in [0.5, 0.6) is 0 Å². The summed E-state index contributed by atoms with van der Waals surface area (Å²) < 4.78 is 0. The zero-order valence-corrected chi connectivity index (χ0v) is 9.94. The van der Waals surface area contributed by atoms with Gasteiger partial charge in [0.05, 0.1) is 6.04 Å². The van der Waals surface area contributed by atoms with E-state index in [-0.39, 0.29) is 11.9 Å². The molecule has 2 atom stereocenters. The molecule has 1 saturated heterocycles. The van der Waals surface area contributed by atoms with Crippen molar-refractivity contribution in [2.75, 3.05) is 13.1 Å². The second kappa shape index (κ2) is 5.72. The van der Waals surface area contributed by atoms with E-state index >= 15 is 0 Å². The van der Waals surface area contributed by atoms with Gasteiger partial charge in [0.25, 0.3) is 0 Å². The first kappa shape index (κ1) is 12.0. The second-order valence-corrected chi connectivity index (χ2v) is 4.48. The van der Waals surface area contributed by atoms with E-state index < -0.39 is 0 Å². The number of nitrogens with zero attached hydrogens (tertiary/aromatic N) is 3. The number of carbonyl (C=O) groups excluding carboxylic acids is 1. The number of hydrogen-bond donors (Lipinski definition) is 3. The van der Waals surface area contributed by atoms with Crippen LogP contribution in [0.25, 0.3) is 0 Å². The van der Waals surface area contributed by atoms with E-state index in [4.69, 9.17) is 0 Å². The van der Waals surface area contributed by atoms with Gasteiger partial charge in [-0.15, -0.1) is 10.2 Å². The molecule has 0 radical (unpaired) electrons. The van der Waals surface area contributed by atoms with E-state index in [2.05, 4.69) is 31.3 Å². The number of tetrazole rings is 1. The molecule has 3 N–H and O–H groups in total. The average molecular weight is 238 g/mol. The number of H-pyrrole nitrogens is 1. The van der Waals surface area contributed by atoms with E-state index in [0.717, 1.165) is 25.9 Å². The van der Waals surface area contributed by atoms with Crippen molar-refractivity contribution in [3.8, 4) is 0 Å². The van der Waals surface area contributed by atoms with Crippen LogP contribution in [0.3, 0.4) is 0 Å². The molecule has 0 aliphatic carbocycles. The van der Waals surface area contributed by atoms with E-state index in [0.29, 0.717) is 18.2 Å². The largest absolute Gasteiger partial charge is 0.346 e. The van der Waals surface area contributed by atoms with Crippen LogP contribution in [0.15, 0.2) is 0 Å². The second-order valence-electron chi connectivity index (χ2n) is 4.48. The fourth-order valence-electron chi connectivity index (χ4n) is 2.08. The number of aromatic amines is 1. The van der Waals surface area contributed by atoms with E-state index in [1.807, 2.05) is 6.92 Å². The predicted molar refractivity (Wildman–Crippen MR) is 60.9 cm³/mol. The molecular formula is C10H18N6O. The van der Waals surface area contributed by atoms with Crippen LogP contribution in [0.4, 0.5) is 0 Å². The van der Waals surface area contributed by atoms with Gasteiger partial charge in [-0.25, -0.2) is 0 Å². The van der Waals surface area contributed by atoms with E-state index in [1.165, 1.54) is 0 Å². The van der Waals surface area contributed by atoms with Gasteiger partial charge in [-0.3, -0.25) is 4.79 Å². The number of amides is 1. The lowest BCUT2D eigenvalue weighted by Crippen LogP contribution is -2.35. The third-order valence-electron chi connectivity index (χ3n) is 3.00. The van der Waals surface area contributed by atoms with Gasteiger partial charge in [0, 0.05) is 6.42 Å². The minimum atomic E-state index is -0.196. The first-order valence-electron chi connectivity index (χ1n) is 5.99. The summed E-state index contributed by atoms with van der Waals surface area (Å²) in [6.07, 6.45) is 2.84. The Kier molecular flexibility index (Phi) is 4.03. The minimum absolute atomic E-state index is 0.0519. The molecular weight excluding hydrogens is 220 g/mol. The topological polar surface area (TPSA) is 95.6 Å². The molecule has 2 heterocycles. The quantitative estimate of drug-likeness (QED) is 0.673. The standard InChI is InChI=1S/C10H18N6O/c1-7(10-13-15-16-14-10)12-9(17)5-8-3-2-4-11-6-8/h7-8,11H,2-6H2,1H3,(H,12,17)(H,13,14,15,16). The van der Waals surface area contributed by atoms with E-state index in [1.54, 1.807) is 0 Å². The summed E-state index contributed by atoms with van der Waals surface area (Å²) in [7, 11) is 0. The Morgan fingerprint density at radius 2 is 2.53 bits per heavy atom. The number of aromatic nitrogens is 4. The molecule has 2 rings (SSSR count). The molecule has 94 valence electrons. The Balaban J connectivity index is 1.76. The maximum Gasteiger partial charge on any atom is 0.220 e. The molecule has 1 fully saturated rings. The molecule has 1 amide bonds. The molecule has 0 spiro atoms. The summed E-state index contributed by atoms with van der Waals surface area (Å²) in [6, 6.07) is -0.196. The van der Waals surface area contributed by atoms with Crippen molar-refractivity contribution in [2.24, 2.45) is 5.92 Å². The summed E-state index contributed by atoms with van der Waals surface area (Å²) in [6.45, 7) is 3.85. The SMILES string of the molecule is CC(NC(=O)CC1CCCNC1)c1nn[nH]n1. The smallest absolute Gasteiger partial charge is 0.220 e. The molecule has 17 heavy (non-hydrogen) atoms. The Morgan fingerprint density at radius 3 is 3.18 bits per heavy atom. The average Bonchev–Trinajstić information content (AvgIpc) is 2.83. The Bertz CT molecular complexity index is 346. The molecule has 0 bridgehead atoms. The van der Waals surface area contributed by atoms with Crippen LogP contribution in [-0.4, -0.2) is 39.6 Å². The van der Waals surface area contributed by atoms with E-state index in [9.17, 15) is 4.79 Å². The van der Waals surface area contributed by atoms with Gasteiger partial charge in [-0.1, -0.05) is 5.21 Å². The monoisotopic (exact) mass is 238 g/mol. The normalized spacial score (nSPS) is 22.1. The predicted octanol–water partition coefficient (Wildman–Crippen LogP) is -0.233. The summed E-state index contributed by atoms with van der Waals surface area (Å²) in [4.78, 5) is 11.8. The highest BCUT2D eigenvalue weighted by Gasteiger charge is 2.19. The van der Waals surface area contributed by atoms with Gasteiger partial charge in [0.15, 0.2) is 5.82 Å². The van der Waals surface area contributed by atoms with Crippen molar-refractivity contribution in [3.05, 3.63) is 5.82 Å². The number of carbonyl (C=O) groups is 1. The molecule has 1 aromatic heterocycles. The summed E-state index contributed by atoms with van der Waals surface area (Å²) in [5.74, 6) is 1.01. The maximum absolute atomic E-state index is 11.8. The Morgan fingerprint density at radius 1 is 1.65 bits per heavy atom. The Hall–Kier alpha value is -1.50. The molecule has 1 aliphatic heterocycles. The van der Waals surface area contributed by atoms with Crippen molar-refractivity contribution in [3.63, 3.8) is 0 Å². The van der Waals surface area contributed by atoms with Crippen LogP contribution in [0.2, 0.25) is 0 Å². The third-order valence-corrected chi connectivity index (χ3v) is 3.00. The highest BCUT2D eigenvalue weighted by Crippen LogP contribution is 2.14. The number of rotatable bonds is 4. The summed E-state index contributed by atoms with van der Waals surface area (Å²) >= 11 is 0. The Labute approximate surface area is 99.7 Å². The first-order valence-corrected chi connectivity index (χ1v) is 5.99. The number of hydrogen-bond acceptors (Lipinski definition) is 5. The number of piperidine rings is 1. The lowest BCUT2D eigenvalue weighted by atomic mass is 9.96. The van der Waals surface area contributed by atoms with Gasteiger partial charge in [0.1, 0.15) is 0 Å². The lowest BCUT2D eigenvalue weighted by molar-refractivity contribution is -0.122. The molecule has 7 nitrogen and oxygen atoms in total. The lowest BCUT2D eigenvalue weighted by Gasteiger charge is -2.22. The summed E-state index contributed by atoms with van der Waals surface area (Å²) in [5.41, 5.74) is 0. The van der Waals surface area contributed by atoms with Crippen LogP contribution < -0.4 is 10.6 Å². The zero-order chi connectivity index (χ0) is 12.1. The minimum Gasteiger partial charge on any atom is -0.346 e. The van der Waals surface area contributed by atoms with Crippen molar-refractivity contribution in [2.45, 2.75) is 32.2 Å². The zero-order valence-electron chi connectivity index (χ0n) is 9.94. The molecule has 7 heteroatoms. The van der Waals surface area contributed by atoms with Crippen molar-refractivity contribution >= 4 is 5.91 Å². The van der Waals surface area contributed by atoms with Crippen LogP contribution in [0, 0.1) is 5.92 Å². The third kappa shape index (κ3) is 3.48. The highest BCUT2D eigenvalue weighted by molar-refractivity contribution is 5.76. The van der Waals surface area contributed by atoms with Crippen molar-refractivity contribution in [1.82, 2.24) is 31.3 Å². The maximum atomic E-state index is 11.8. The van der Waals surface area contributed by atoms with Gasteiger partial charge < -0.3 is 10.6 Å². The van der Waals surface area contributed by atoms with Gasteiger partial charge in [0.2, 0.25) is 5.91 Å². The van der Waals surface area contributed by atoms with Crippen LogP contribution in [0.1, 0.15) is 38.1 Å². The van der Waals surface area contributed by atoms with Crippen molar-refractivity contribution < 1.29 is 4.79 Å².